The van der Waals surface area contributed by atoms with E-state index in [1.165, 1.54) is 19.4 Å². The molecule has 234 valence electrons. The number of nitrogens with zero attached hydrogens (tertiary/aromatic N) is 1. The monoisotopic (exact) mass is 606 g/mol. The largest absolute Gasteiger partial charge is 0.438 e. The summed E-state index contributed by atoms with van der Waals surface area (Å²) in [6, 6.07) is 1.16. The maximum Gasteiger partial charge on any atom is 0.359 e. The van der Waals surface area contributed by atoms with E-state index < -0.39 is 67.5 Å². The number of carbonyl (C=O) groups excluding carboxylic acids is 2. The SMILES string of the molecule is CC[C@@H](/C=C/P(=O)(OCOC(=O)C(C)(C)C)OCOC(=O)C(C)(C)C)O[C@H](COCCOC)n1ccc(=O)[nH]c1=O. The average molecular weight is 607 g/mol. The zero-order valence-corrected chi connectivity index (χ0v) is 25.9. The summed E-state index contributed by atoms with van der Waals surface area (Å²) < 4.78 is 51.9. The molecular formula is C26H43N2O12P. The number of rotatable bonds is 17. The summed E-state index contributed by atoms with van der Waals surface area (Å²) in [6.07, 6.45) is 1.27. The Labute approximate surface area is 239 Å². The summed E-state index contributed by atoms with van der Waals surface area (Å²) in [4.78, 5) is 50.3. The molecule has 0 radical (unpaired) electrons. The van der Waals surface area contributed by atoms with Crippen LogP contribution in [0.1, 0.15) is 61.1 Å². The number of aromatic nitrogens is 2. The quantitative estimate of drug-likeness (QED) is 0.119. The van der Waals surface area contributed by atoms with Gasteiger partial charge in [0.15, 0.2) is 6.23 Å². The fraction of sp³-hybridized carbons (Fsp3) is 0.692. The van der Waals surface area contributed by atoms with Crippen molar-refractivity contribution in [3.63, 3.8) is 0 Å². The van der Waals surface area contributed by atoms with Crippen molar-refractivity contribution in [3.8, 4) is 0 Å². The van der Waals surface area contributed by atoms with Crippen LogP contribution in [0.15, 0.2) is 33.7 Å². The van der Waals surface area contributed by atoms with Crippen LogP contribution in [0.5, 0.6) is 0 Å². The molecule has 1 heterocycles. The molecule has 1 rings (SSSR count). The molecule has 14 nitrogen and oxygen atoms in total. The molecule has 1 aromatic heterocycles. The summed E-state index contributed by atoms with van der Waals surface area (Å²) in [5, 5.41) is 0. The average Bonchev–Trinajstić information content (AvgIpc) is 2.87. The molecule has 0 fully saturated rings. The number of hydrogen-bond acceptors (Lipinski definition) is 12. The smallest absolute Gasteiger partial charge is 0.359 e. The van der Waals surface area contributed by atoms with Gasteiger partial charge in [-0.1, -0.05) is 6.92 Å². The van der Waals surface area contributed by atoms with Crippen molar-refractivity contribution < 1.29 is 46.9 Å². The predicted octanol–water partition coefficient (Wildman–Crippen LogP) is 3.33. The van der Waals surface area contributed by atoms with E-state index in [-0.39, 0.29) is 13.2 Å². The van der Waals surface area contributed by atoms with Gasteiger partial charge in [-0.2, -0.15) is 0 Å². The van der Waals surface area contributed by atoms with Crippen molar-refractivity contribution in [1.29, 1.82) is 0 Å². The van der Waals surface area contributed by atoms with E-state index in [0.717, 1.165) is 16.5 Å². The molecule has 1 aromatic rings. The van der Waals surface area contributed by atoms with Crippen molar-refractivity contribution in [2.45, 2.75) is 67.2 Å². The third-order valence-electron chi connectivity index (χ3n) is 5.14. The van der Waals surface area contributed by atoms with E-state index in [1.54, 1.807) is 48.5 Å². The van der Waals surface area contributed by atoms with Gasteiger partial charge in [-0.15, -0.1) is 0 Å². The molecule has 0 aliphatic carbocycles. The molecular weight excluding hydrogens is 563 g/mol. The lowest BCUT2D eigenvalue weighted by Gasteiger charge is -2.24. The Kier molecular flexibility index (Phi) is 14.9. The highest BCUT2D eigenvalue weighted by Crippen LogP contribution is 2.50. The summed E-state index contributed by atoms with van der Waals surface area (Å²) >= 11 is 0. The van der Waals surface area contributed by atoms with Crippen LogP contribution in [0.25, 0.3) is 0 Å². The van der Waals surface area contributed by atoms with Crippen LogP contribution in [0.2, 0.25) is 0 Å². The van der Waals surface area contributed by atoms with Crippen molar-refractivity contribution >= 4 is 19.5 Å². The molecule has 0 bridgehead atoms. The molecule has 15 heteroatoms. The first kappa shape index (κ1) is 36.4. The van der Waals surface area contributed by atoms with Crippen LogP contribution in [-0.2, 0) is 46.9 Å². The van der Waals surface area contributed by atoms with Crippen LogP contribution in [-0.4, -0.2) is 68.1 Å². The van der Waals surface area contributed by atoms with Crippen LogP contribution in [0, 0.1) is 10.8 Å². The van der Waals surface area contributed by atoms with Gasteiger partial charge in [0, 0.05) is 25.2 Å². The van der Waals surface area contributed by atoms with E-state index >= 15 is 0 Å². The fourth-order valence-corrected chi connectivity index (χ4v) is 3.76. The normalized spacial score (nSPS) is 14.1. The zero-order chi connectivity index (χ0) is 31.3. The van der Waals surface area contributed by atoms with E-state index in [0.29, 0.717) is 13.0 Å². The second kappa shape index (κ2) is 16.7. The standard InChI is InChI=1S/C26H43N2O12P/c1-9-19(40-21(16-35-14-13-34-8)28-12-10-20(29)27-24(28)32)11-15-41(33,38-17-36-22(30)25(2,3)4)39-18-37-23(31)26(5,6)7/h10-12,15,19,21H,9,13-14,16-18H2,1-8H3,(H,27,29,32)/b15-11+/t19-,21+/m0/s1. The Balaban J connectivity index is 3.13. The lowest BCUT2D eigenvalue weighted by atomic mass is 9.98. The Morgan fingerprint density at radius 2 is 1.56 bits per heavy atom. The van der Waals surface area contributed by atoms with Crippen LogP contribution >= 0.6 is 7.60 Å². The lowest BCUT2D eigenvalue weighted by Crippen LogP contribution is -2.36. The molecule has 0 aromatic carbocycles. The molecule has 0 saturated heterocycles. The van der Waals surface area contributed by atoms with Crippen molar-refractivity contribution in [2.75, 3.05) is 40.5 Å². The molecule has 1 N–H and O–H groups in total. The molecule has 0 aliphatic heterocycles. The van der Waals surface area contributed by atoms with E-state index in [1.807, 2.05) is 0 Å². The van der Waals surface area contributed by atoms with Gasteiger partial charge in [0.05, 0.1) is 36.8 Å². The first-order valence-electron chi connectivity index (χ1n) is 13.0. The topological polar surface area (TPSA) is 171 Å². The molecule has 0 unspecified atom stereocenters. The van der Waals surface area contributed by atoms with E-state index in [9.17, 15) is 23.7 Å². The van der Waals surface area contributed by atoms with Crippen LogP contribution < -0.4 is 11.2 Å². The van der Waals surface area contributed by atoms with E-state index in [4.69, 9.17) is 32.7 Å². The van der Waals surface area contributed by atoms with Gasteiger partial charge in [0.2, 0.25) is 13.6 Å². The third kappa shape index (κ3) is 13.7. The minimum atomic E-state index is -4.14. The maximum atomic E-state index is 13.5. The number of methoxy groups -OCH3 is 1. The number of nitrogens with one attached hydrogen (secondary N) is 1. The summed E-state index contributed by atoms with van der Waals surface area (Å²) in [5.74, 6) is -0.0931. The van der Waals surface area contributed by atoms with Crippen molar-refractivity contribution in [3.05, 3.63) is 45.0 Å². The minimum absolute atomic E-state index is 0.0736. The summed E-state index contributed by atoms with van der Waals surface area (Å²) in [7, 11) is -2.63. The number of aromatic amines is 1. The molecule has 0 amide bonds. The zero-order valence-electron chi connectivity index (χ0n) is 25.0. The summed E-state index contributed by atoms with van der Waals surface area (Å²) in [5.41, 5.74) is -2.94. The van der Waals surface area contributed by atoms with Gasteiger partial charge < -0.3 is 23.7 Å². The van der Waals surface area contributed by atoms with Crippen molar-refractivity contribution in [2.24, 2.45) is 10.8 Å². The minimum Gasteiger partial charge on any atom is -0.438 e. The molecule has 2 atom stereocenters. The van der Waals surface area contributed by atoms with Gasteiger partial charge >= 0.3 is 25.2 Å². The van der Waals surface area contributed by atoms with Gasteiger partial charge in [0.1, 0.15) is 0 Å². The van der Waals surface area contributed by atoms with E-state index in [2.05, 4.69) is 4.98 Å². The molecule has 0 spiro atoms. The van der Waals surface area contributed by atoms with Crippen LogP contribution in [0.3, 0.4) is 0 Å². The highest BCUT2D eigenvalue weighted by Gasteiger charge is 2.29. The number of carbonyl (C=O) groups is 2. The lowest BCUT2D eigenvalue weighted by molar-refractivity contribution is -0.161. The van der Waals surface area contributed by atoms with Crippen LogP contribution in [0.4, 0.5) is 0 Å². The fourth-order valence-electron chi connectivity index (χ4n) is 2.71. The highest BCUT2D eigenvalue weighted by atomic mass is 31.2. The summed E-state index contributed by atoms with van der Waals surface area (Å²) in [6.45, 7) is 10.7. The van der Waals surface area contributed by atoms with Gasteiger partial charge in [0.25, 0.3) is 5.56 Å². The molecule has 0 saturated carbocycles. The Hall–Kier alpha value is -2.61. The number of ether oxygens (including phenoxy) is 5. The first-order valence-corrected chi connectivity index (χ1v) is 14.6. The number of esters is 2. The Morgan fingerprint density at radius 1 is 1.00 bits per heavy atom. The third-order valence-corrected chi connectivity index (χ3v) is 6.61. The number of hydrogen-bond donors (Lipinski definition) is 1. The Morgan fingerprint density at radius 3 is 2.02 bits per heavy atom. The molecule has 41 heavy (non-hydrogen) atoms. The van der Waals surface area contributed by atoms with Crippen molar-refractivity contribution in [1.82, 2.24) is 9.55 Å². The highest BCUT2D eigenvalue weighted by molar-refractivity contribution is 7.57. The van der Waals surface area contributed by atoms with Gasteiger partial charge in [-0.05, 0) is 54.0 Å². The van der Waals surface area contributed by atoms with Gasteiger partial charge in [-0.3, -0.25) is 37.5 Å². The second-order valence-electron chi connectivity index (χ2n) is 10.9. The number of H-pyrrole nitrogens is 1. The molecule has 0 aliphatic rings. The predicted molar refractivity (Wildman–Crippen MR) is 148 cm³/mol. The van der Waals surface area contributed by atoms with Gasteiger partial charge in [-0.25, -0.2) is 4.79 Å². The Bertz CT molecular complexity index is 1130. The maximum absolute atomic E-state index is 13.5. The second-order valence-corrected chi connectivity index (χ2v) is 12.8. The first-order chi connectivity index (χ1) is 19.0.